The van der Waals surface area contributed by atoms with Gasteiger partial charge in [0.2, 0.25) is 5.91 Å². The van der Waals surface area contributed by atoms with Crippen LogP contribution in [0.5, 0.6) is 0 Å². The van der Waals surface area contributed by atoms with Crippen molar-refractivity contribution in [1.82, 2.24) is 15.5 Å². The molecule has 0 bridgehead atoms. The third kappa shape index (κ3) is 12.0. The highest BCUT2D eigenvalue weighted by atomic mass is 19.4. The molecule has 0 rings (SSSR count). The van der Waals surface area contributed by atoms with E-state index in [1.54, 1.807) is 4.90 Å². The molecule has 0 saturated carbocycles. The van der Waals surface area contributed by atoms with Gasteiger partial charge in [0.15, 0.2) is 5.96 Å². The number of guanidine groups is 1. The zero-order valence-corrected chi connectivity index (χ0v) is 14.7. The number of amides is 1. The molecule has 9 heteroatoms. The third-order valence-corrected chi connectivity index (χ3v) is 3.07. The molecule has 0 aliphatic rings. The number of hydrogen-bond donors (Lipinski definition) is 2. The second-order valence-corrected chi connectivity index (χ2v) is 5.02. The monoisotopic (exact) mass is 354 g/mol. The molecule has 0 unspecified atom stereocenters. The SMILES string of the molecule is CCNC(=NCCCOCC(F)(F)F)NCCC(=O)N(CC)CC. The second kappa shape index (κ2) is 12.9. The molecule has 0 aromatic carbocycles. The minimum absolute atomic E-state index is 0.00284. The summed E-state index contributed by atoms with van der Waals surface area (Å²) in [6, 6.07) is 0. The molecule has 0 spiro atoms. The first-order chi connectivity index (χ1) is 11.3. The Morgan fingerprint density at radius 2 is 1.83 bits per heavy atom. The van der Waals surface area contributed by atoms with Crippen LogP contribution in [0.3, 0.4) is 0 Å². The number of ether oxygens (including phenoxy) is 1. The van der Waals surface area contributed by atoms with Crippen molar-refractivity contribution in [2.45, 2.75) is 39.8 Å². The number of carbonyl (C=O) groups is 1. The average Bonchev–Trinajstić information content (AvgIpc) is 2.50. The second-order valence-electron chi connectivity index (χ2n) is 5.02. The Balaban J connectivity index is 4.04. The van der Waals surface area contributed by atoms with E-state index in [1.165, 1.54) is 0 Å². The molecule has 1 amide bonds. The Kier molecular flexibility index (Phi) is 12.0. The van der Waals surface area contributed by atoms with Crippen LogP contribution in [0.25, 0.3) is 0 Å². The molecule has 0 aliphatic carbocycles. The van der Waals surface area contributed by atoms with Gasteiger partial charge in [0.1, 0.15) is 6.61 Å². The predicted molar refractivity (Wildman–Crippen MR) is 88.0 cm³/mol. The van der Waals surface area contributed by atoms with Crippen LogP contribution in [0.15, 0.2) is 4.99 Å². The summed E-state index contributed by atoms with van der Waals surface area (Å²) >= 11 is 0. The molecule has 6 nitrogen and oxygen atoms in total. The van der Waals surface area contributed by atoms with Gasteiger partial charge in [-0.05, 0) is 27.2 Å². The molecule has 0 atom stereocenters. The fourth-order valence-corrected chi connectivity index (χ4v) is 1.91. The number of hydrogen-bond acceptors (Lipinski definition) is 3. The zero-order valence-electron chi connectivity index (χ0n) is 14.7. The number of alkyl halides is 3. The summed E-state index contributed by atoms with van der Waals surface area (Å²) in [5, 5.41) is 6.06. The van der Waals surface area contributed by atoms with Gasteiger partial charge >= 0.3 is 6.18 Å². The summed E-state index contributed by atoms with van der Waals surface area (Å²) < 4.78 is 40.2. The highest BCUT2D eigenvalue weighted by Crippen LogP contribution is 2.14. The average molecular weight is 354 g/mol. The molecule has 0 fully saturated rings. The van der Waals surface area contributed by atoms with Crippen molar-refractivity contribution in [2.24, 2.45) is 4.99 Å². The number of halogens is 3. The largest absolute Gasteiger partial charge is 0.411 e. The number of rotatable bonds is 11. The molecule has 0 aliphatic heterocycles. The lowest BCUT2D eigenvalue weighted by atomic mass is 10.3. The van der Waals surface area contributed by atoms with Crippen LogP contribution in [-0.4, -0.2) is 68.9 Å². The lowest BCUT2D eigenvalue weighted by Gasteiger charge is -2.19. The van der Waals surface area contributed by atoms with Crippen LogP contribution in [0.4, 0.5) is 13.2 Å². The predicted octanol–water partition coefficient (Wildman–Crippen LogP) is 1.77. The van der Waals surface area contributed by atoms with E-state index in [-0.39, 0.29) is 12.5 Å². The molecular weight excluding hydrogens is 325 g/mol. The third-order valence-electron chi connectivity index (χ3n) is 3.07. The Bertz CT molecular complexity index is 372. The van der Waals surface area contributed by atoms with Crippen molar-refractivity contribution in [3.63, 3.8) is 0 Å². The maximum atomic E-state index is 11.9. The Labute approximate surface area is 141 Å². The molecule has 0 aromatic heterocycles. The van der Waals surface area contributed by atoms with E-state index in [2.05, 4.69) is 20.4 Å². The van der Waals surface area contributed by atoms with Gasteiger partial charge in [-0.25, -0.2) is 0 Å². The van der Waals surface area contributed by atoms with E-state index in [4.69, 9.17) is 0 Å². The fraction of sp³-hybridized carbons (Fsp3) is 0.867. The fourth-order valence-electron chi connectivity index (χ4n) is 1.91. The molecular formula is C15H29F3N4O2. The first-order valence-corrected chi connectivity index (χ1v) is 8.28. The maximum absolute atomic E-state index is 11.9. The summed E-state index contributed by atoms with van der Waals surface area (Å²) in [6.45, 7) is 7.35. The van der Waals surface area contributed by atoms with Crippen LogP contribution < -0.4 is 10.6 Å². The minimum Gasteiger partial charge on any atom is -0.372 e. The van der Waals surface area contributed by atoms with Crippen molar-refractivity contribution >= 4 is 11.9 Å². The number of carbonyl (C=O) groups excluding carboxylic acids is 1. The molecule has 24 heavy (non-hydrogen) atoms. The Morgan fingerprint density at radius 3 is 2.38 bits per heavy atom. The first-order valence-electron chi connectivity index (χ1n) is 8.28. The summed E-state index contributed by atoms with van der Waals surface area (Å²) in [7, 11) is 0. The summed E-state index contributed by atoms with van der Waals surface area (Å²) in [5.41, 5.74) is 0. The molecule has 0 heterocycles. The van der Waals surface area contributed by atoms with Crippen LogP contribution >= 0.6 is 0 Å². The normalized spacial score (nSPS) is 12.2. The van der Waals surface area contributed by atoms with Gasteiger partial charge in [0.25, 0.3) is 0 Å². The highest BCUT2D eigenvalue weighted by molar-refractivity contribution is 5.81. The van der Waals surface area contributed by atoms with Crippen molar-refractivity contribution in [1.29, 1.82) is 0 Å². The number of nitrogens with zero attached hydrogens (tertiary/aromatic N) is 2. The standard InChI is InChI=1S/C15H29F3N4O2/c1-4-19-14(20-9-7-11-24-12-15(16,17)18)21-10-8-13(23)22(5-2)6-3/h4-12H2,1-3H3,(H2,19,20,21). The van der Waals surface area contributed by atoms with Gasteiger partial charge in [-0.15, -0.1) is 0 Å². The van der Waals surface area contributed by atoms with Crippen LogP contribution in [0, 0.1) is 0 Å². The molecule has 0 aromatic rings. The molecule has 0 saturated heterocycles. The van der Waals surface area contributed by atoms with Crippen molar-refractivity contribution in [3.05, 3.63) is 0 Å². The lowest BCUT2D eigenvalue weighted by molar-refractivity contribution is -0.173. The van der Waals surface area contributed by atoms with E-state index in [0.717, 1.165) is 0 Å². The first kappa shape index (κ1) is 22.5. The lowest BCUT2D eigenvalue weighted by Crippen LogP contribution is -2.40. The van der Waals surface area contributed by atoms with E-state index >= 15 is 0 Å². The number of nitrogens with one attached hydrogen (secondary N) is 2. The van der Waals surface area contributed by atoms with Gasteiger partial charge in [-0.2, -0.15) is 13.2 Å². The van der Waals surface area contributed by atoms with Gasteiger partial charge < -0.3 is 20.3 Å². The van der Waals surface area contributed by atoms with Crippen molar-refractivity contribution < 1.29 is 22.7 Å². The molecule has 2 N–H and O–H groups in total. The minimum atomic E-state index is -4.29. The summed E-state index contributed by atoms with van der Waals surface area (Å²) in [6.07, 6.45) is -3.54. The Hall–Kier alpha value is -1.51. The van der Waals surface area contributed by atoms with E-state index in [0.29, 0.717) is 51.5 Å². The van der Waals surface area contributed by atoms with E-state index in [1.807, 2.05) is 20.8 Å². The quantitative estimate of drug-likeness (QED) is 0.337. The van der Waals surface area contributed by atoms with Gasteiger partial charge in [-0.3, -0.25) is 9.79 Å². The van der Waals surface area contributed by atoms with E-state index < -0.39 is 12.8 Å². The smallest absolute Gasteiger partial charge is 0.372 e. The van der Waals surface area contributed by atoms with Crippen molar-refractivity contribution in [2.75, 3.05) is 45.9 Å². The van der Waals surface area contributed by atoms with Crippen molar-refractivity contribution in [3.8, 4) is 0 Å². The van der Waals surface area contributed by atoms with Gasteiger partial charge in [0.05, 0.1) is 0 Å². The van der Waals surface area contributed by atoms with Crippen LogP contribution in [0.1, 0.15) is 33.6 Å². The molecule has 142 valence electrons. The number of aliphatic imine (C=N–C) groups is 1. The maximum Gasteiger partial charge on any atom is 0.411 e. The highest BCUT2D eigenvalue weighted by Gasteiger charge is 2.27. The van der Waals surface area contributed by atoms with E-state index in [9.17, 15) is 18.0 Å². The van der Waals surface area contributed by atoms with Gasteiger partial charge in [-0.1, -0.05) is 0 Å². The Morgan fingerprint density at radius 1 is 1.17 bits per heavy atom. The zero-order chi connectivity index (χ0) is 18.4. The van der Waals surface area contributed by atoms with Crippen LogP contribution in [0.2, 0.25) is 0 Å². The van der Waals surface area contributed by atoms with Gasteiger partial charge in [0, 0.05) is 45.8 Å². The summed E-state index contributed by atoms with van der Waals surface area (Å²) in [4.78, 5) is 17.9. The summed E-state index contributed by atoms with van der Waals surface area (Å²) in [5.74, 6) is 0.615. The molecule has 0 radical (unpaired) electrons. The van der Waals surface area contributed by atoms with Crippen LogP contribution in [-0.2, 0) is 9.53 Å². The topological polar surface area (TPSA) is 66.0 Å².